The minimum absolute atomic E-state index is 0.295. The van der Waals surface area contributed by atoms with Crippen molar-refractivity contribution in [1.82, 2.24) is 15.5 Å². The van der Waals surface area contributed by atoms with Gasteiger partial charge in [0.15, 0.2) is 0 Å². The maximum Gasteiger partial charge on any atom is 0.240 e. The molecule has 0 unspecified atom stereocenters. The predicted molar refractivity (Wildman–Crippen MR) is 71.4 cm³/mol. The molecule has 0 fully saturated rings. The Bertz CT molecular complexity index is 603. The Labute approximate surface area is 111 Å². The highest BCUT2D eigenvalue weighted by atomic mass is 16.5. The first kappa shape index (κ1) is 13.1. The summed E-state index contributed by atoms with van der Waals surface area (Å²) in [5.74, 6) is 3.75. The Kier molecular flexibility index (Phi) is 3.83. The zero-order valence-electron chi connectivity index (χ0n) is 10.9. The number of hydrogen-bond donors (Lipinski definition) is 2. The molecule has 0 bridgehead atoms. The number of phenols is 1. The Morgan fingerprint density at radius 1 is 1.37 bits per heavy atom. The molecule has 0 amide bonds. The molecular weight excluding hydrogens is 242 g/mol. The Morgan fingerprint density at radius 3 is 2.68 bits per heavy atom. The van der Waals surface area contributed by atoms with E-state index in [0.29, 0.717) is 30.6 Å². The highest BCUT2D eigenvalue weighted by Gasteiger charge is 2.11. The second kappa shape index (κ2) is 5.55. The second-order valence-corrected chi connectivity index (χ2v) is 4.28. The molecule has 98 valence electrons. The molecule has 0 radical (unpaired) electrons. The van der Waals surface area contributed by atoms with Gasteiger partial charge >= 0.3 is 0 Å². The lowest BCUT2D eigenvalue weighted by atomic mass is 10.1. The third-order valence-corrected chi connectivity index (χ3v) is 2.72. The normalized spacial score (nSPS) is 10.4. The fourth-order valence-electron chi connectivity index (χ4n) is 1.77. The van der Waals surface area contributed by atoms with Crippen molar-refractivity contribution in [3.63, 3.8) is 0 Å². The summed E-state index contributed by atoms with van der Waals surface area (Å²) in [5, 5.41) is 16.6. The minimum atomic E-state index is 0.295. The van der Waals surface area contributed by atoms with Crippen LogP contribution in [0.5, 0.6) is 5.75 Å². The monoisotopic (exact) mass is 257 g/mol. The molecule has 2 N–H and O–H groups in total. The van der Waals surface area contributed by atoms with E-state index < -0.39 is 0 Å². The molecule has 0 aliphatic rings. The molecule has 5 heteroatoms. The predicted octanol–water partition coefficient (Wildman–Crippen LogP) is 1.78. The first-order chi connectivity index (χ1) is 9.11. The number of terminal acetylenes is 1. The highest BCUT2D eigenvalue weighted by molar-refractivity contribution is 5.60. The average molecular weight is 257 g/mol. The smallest absolute Gasteiger partial charge is 0.240 e. The van der Waals surface area contributed by atoms with E-state index in [4.69, 9.17) is 10.9 Å². The van der Waals surface area contributed by atoms with Crippen LogP contribution >= 0.6 is 0 Å². The molecule has 1 heterocycles. The van der Waals surface area contributed by atoms with Gasteiger partial charge in [0.25, 0.3) is 0 Å². The van der Waals surface area contributed by atoms with Gasteiger partial charge in [-0.2, -0.15) is 4.98 Å². The van der Waals surface area contributed by atoms with Crippen LogP contribution in [-0.2, 0) is 6.54 Å². The standard InChI is InChI=1S/C14H15N3O2/c1-4-5-15-8-12-16-14(17-19-12)11-6-9(2)13(18)10(3)7-11/h1,6-7,15,18H,5,8H2,2-3H3. The van der Waals surface area contributed by atoms with E-state index in [-0.39, 0.29) is 0 Å². The van der Waals surface area contributed by atoms with Crippen molar-refractivity contribution in [2.45, 2.75) is 20.4 Å². The largest absolute Gasteiger partial charge is 0.507 e. The van der Waals surface area contributed by atoms with E-state index >= 15 is 0 Å². The molecule has 0 spiro atoms. The van der Waals surface area contributed by atoms with E-state index in [1.165, 1.54) is 0 Å². The van der Waals surface area contributed by atoms with Gasteiger partial charge in [-0.05, 0) is 37.1 Å². The molecule has 0 aliphatic carbocycles. The van der Waals surface area contributed by atoms with Crippen molar-refractivity contribution in [2.24, 2.45) is 0 Å². The zero-order valence-corrected chi connectivity index (χ0v) is 10.9. The lowest BCUT2D eigenvalue weighted by molar-refractivity contribution is 0.370. The van der Waals surface area contributed by atoms with Gasteiger partial charge in [0.1, 0.15) is 5.75 Å². The third kappa shape index (κ3) is 2.92. The molecule has 0 aliphatic heterocycles. The van der Waals surface area contributed by atoms with Crippen LogP contribution in [0, 0.1) is 26.2 Å². The van der Waals surface area contributed by atoms with Crippen molar-refractivity contribution in [2.75, 3.05) is 6.54 Å². The number of benzene rings is 1. The number of aryl methyl sites for hydroxylation is 2. The Balaban J connectivity index is 2.21. The van der Waals surface area contributed by atoms with Crippen LogP contribution < -0.4 is 5.32 Å². The van der Waals surface area contributed by atoms with Crippen LogP contribution in [0.2, 0.25) is 0 Å². The number of nitrogens with one attached hydrogen (secondary N) is 1. The second-order valence-electron chi connectivity index (χ2n) is 4.28. The van der Waals surface area contributed by atoms with E-state index in [1.807, 2.05) is 26.0 Å². The molecule has 1 aromatic carbocycles. The van der Waals surface area contributed by atoms with Crippen LogP contribution in [-0.4, -0.2) is 21.8 Å². The summed E-state index contributed by atoms with van der Waals surface area (Å²) < 4.78 is 5.12. The molecule has 0 saturated carbocycles. The summed E-state index contributed by atoms with van der Waals surface area (Å²) in [6, 6.07) is 3.65. The maximum absolute atomic E-state index is 9.73. The molecular formula is C14H15N3O2. The number of rotatable bonds is 4. The van der Waals surface area contributed by atoms with Gasteiger partial charge in [-0.1, -0.05) is 11.1 Å². The van der Waals surface area contributed by atoms with Crippen molar-refractivity contribution in [1.29, 1.82) is 0 Å². The summed E-state index contributed by atoms with van der Waals surface area (Å²) >= 11 is 0. The van der Waals surface area contributed by atoms with Gasteiger partial charge in [-0.3, -0.25) is 5.32 Å². The fourth-order valence-corrected chi connectivity index (χ4v) is 1.77. The fraction of sp³-hybridized carbons (Fsp3) is 0.286. The minimum Gasteiger partial charge on any atom is -0.507 e. The van der Waals surface area contributed by atoms with E-state index in [0.717, 1.165) is 16.7 Å². The van der Waals surface area contributed by atoms with Crippen LogP contribution in [0.3, 0.4) is 0 Å². The molecule has 19 heavy (non-hydrogen) atoms. The number of aromatic hydroxyl groups is 1. The van der Waals surface area contributed by atoms with Crippen molar-refractivity contribution >= 4 is 0 Å². The summed E-state index contributed by atoms with van der Waals surface area (Å²) in [7, 11) is 0. The Morgan fingerprint density at radius 2 is 2.05 bits per heavy atom. The van der Waals surface area contributed by atoms with Gasteiger partial charge in [0, 0.05) is 5.56 Å². The Hall–Kier alpha value is -2.32. The summed E-state index contributed by atoms with van der Waals surface area (Å²) in [6.07, 6.45) is 5.13. The van der Waals surface area contributed by atoms with Crippen LogP contribution in [0.4, 0.5) is 0 Å². The number of phenolic OH excluding ortho intramolecular Hbond substituents is 1. The first-order valence-electron chi connectivity index (χ1n) is 5.89. The van der Waals surface area contributed by atoms with Crippen molar-refractivity contribution in [3.05, 3.63) is 29.2 Å². The van der Waals surface area contributed by atoms with Crippen molar-refractivity contribution in [3.8, 4) is 29.5 Å². The molecule has 1 aromatic heterocycles. The zero-order chi connectivity index (χ0) is 13.8. The molecule has 5 nitrogen and oxygen atoms in total. The van der Waals surface area contributed by atoms with Crippen molar-refractivity contribution < 1.29 is 9.63 Å². The van der Waals surface area contributed by atoms with E-state index in [9.17, 15) is 5.11 Å². The SMILES string of the molecule is C#CCNCc1nc(-c2cc(C)c(O)c(C)c2)no1. The van der Waals surface area contributed by atoms with Gasteiger partial charge in [0.2, 0.25) is 11.7 Å². The van der Waals surface area contributed by atoms with Gasteiger partial charge in [-0.15, -0.1) is 6.42 Å². The highest BCUT2D eigenvalue weighted by Crippen LogP contribution is 2.27. The van der Waals surface area contributed by atoms with Gasteiger partial charge in [-0.25, -0.2) is 0 Å². The van der Waals surface area contributed by atoms with Crippen LogP contribution in [0.25, 0.3) is 11.4 Å². The summed E-state index contributed by atoms with van der Waals surface area (Å²) in [6.45, 7) is 4.56. The van der Waals surface area contributed by atoms with Gasteiger partial charge < -0.3 is 9.63 Å². The summed E-state index contributed by atoms with van der Waals surface area (Å²) in [4.78, 5) is 4.27. The van der Waals surface area contributed by atoms with Gasteiger partial charge in [0.05, 0.1) is 13.1 Å². The summed E-state index contributed by atoms with van der Waals surface area (Å²) in [5.41, 5.74) is 2.39. The molecule has 0 atom stereocenters. The van der Waals surface area contributed by atoms with E-state index in [1.54, 1.807) is 0 Å². The quantitative estimate of drug-likeness (QED) is 0.645. The van der Waals surface area contributed by atoms with Crippen LogP contribution in [0.1, 0.15) is 17.0 Å². The van der Waals surface area contributed by atoms with E-state index in [2.05, 4.69) is 21.4 Å². The molecule has 2 aromatic rings. The lowest BCUT2D eigenvalue weighted by Gasteiger charge is -2.04. The molecule has 0 saturated heterocycles. The topological polar surface area (TPSA) is 71.2 Å². The first-order valence-corrected chi connectivity index (χ1v) is 5.89. The maximum atomic E-state index is 9.73. The number of aromatic nitrogens is 2. The molecule has 2 rings (SSSR count). The van der Waals surface area contributed by atoms with Crippen LogP contribution in [0.15, 0.2) is 16.7 Å². The third-order valence-electron chi connectivity index (χ3n) is 2.72. The average Bonchev–Trinajstić information content (AvgIpc) is 2.84. The lowest BCUT2D eigenvalue weighted by Crippen LogP contribution is -2.13. The number of nitrogens with zero attached hydrogens (tertiary/aromatic N) is 2. The number of hydrogen-bond acceptors (Lipinski definition) is 5.